The molecule has 0 aliphatic carbocycles. The zero-order chi connectivity index (χ0) is 12.4. The Labute approximate surface area is 117 Å². The molecule has 1 unspecified atom stereocenters. The van der Waals surface area contributed by atoms with Gasteiger partial charge in [0.05, 0.1) is 22.6 Å². The predicted molar refractivity (Wildman–Crippen MR) is 76.3 cm³/mol. The van der Waals surface area contributed by atoms with Crippen molar-refractivity contribution in [3.63, 3.8) is 0 Å². The molecule has 2 aromatic heterocycles. The van der Waals surface area contributed by atoms with Crippen molar-refractivity contribution in [2.24, 2.45) is 5.92 Å². The minimum Gasteiger partial charge on any atom is -0.239 e. The summed E-state index contributed by atoms with van der Waals surface area (Å²) in [6, 6.07) is 4.39. The van der Waals surface area contributed by atoms with E-state index in [-0.39, 0.29) is 5.92 Å². The Hall–Kier alpha value is -0.700. The summed E-state index contributed by atoms with van der Waals surface area (Å²) in [7, 11) is 0. The van der Waals surface area contributed by atoms with E-state index in [4.69, 9.17) is 5.26 Å². The number of hydrogen-bond acceptors (Lipinski definition) is 4. The monoisotopic (exact) mass is 326 g/mol. The molecular weight excluding hydrogens is 316 g/mol. The summed E-state index contributed by atoms with van der Waals surface area (Å²) in [5.41, 5.74) is 0.895. The number of aromatic nitrogens is 1. The van der Waals surface area contributed by atoms with E-state index in [1.54, 1.807) is 22.7 Å². The highest BCUT2D eigenvalue weighted by atomic mass is 79.9. The van der Waals surface area contributed by atoms with E-state index in [1.807, 2.05) is 10.8 Å². The van der Waals surface area contributed by atoms with Crippen molar-refractivity contribution >= 4 is 38.6 Å². The van der Waals surface area contributed by atoms with Gasteiger partial charge in [-0.3, -0.25) is 0 Å². The summed E-state index contributed by atoms with van der Waals surface area (Å²) in [6.07, 6.45) is 0. The molecule has 0 radical (unpaired) electrons. The quantitative estimate of drug-likeness (QED) is 0.804. The van der Waals surface area contributed by atoms with Crippen LogP contribution in [0, 0.1) is 17.2 Å². The second-order valence-corrected chi connectivity index (χ2v) is 6.74. The first-order valence-corrected chi connectivity index (χ1v) is 7.76. The molecule has 0 N–H and O–H groups in total. The molecule has 0 bridgehead atoms. The predicted octanol–water partition coefficient (Wildman–Crippen LogP) is 4.90. The molecule has 0 aliphatic rings. The van der Waals surface area contributed by atoms with Gasteiger partial charge in [0.1, 0.15) is 5.01 Å². The van der Waals surface area contributed by atoms with E-state index in [0.717, 1.165) is 20.1 Å². The summed E-state index contributed by atoms with van der Waals surface area (Å²) in [6.45, 7) is 4.10. The number of nitriles is 1. The summed E-state index contributed by atoms with van der Waals surface area (Å²) in [4.78, 5) is 5.72. The standard InChI is InChI=1S/C12H11BrN2S2/c1-7(2)9(4-14)10-6-17-12(15-10)11-3-8(13)5-16-11/h3,5-7,9H,1-2H3. The van der Waals surface area contributed by atoms with Gasteiger partial charge in [-0.15, -0.1) is 22.7 Å². The molecule has 5 heteroatoms. The van der Waals surface area contributed by atoms with E-state index in [0.29, 0.717) is 5.92 Å². The molecule has 2 heterocycles. The van der Waals surface area contributed by atoms with Crippen LogP contribution in [0.25, 0.3) is 9.88 Å². The number of thiazole rings is 1. The second kappa shape index (κ2) is 5.30. The lowest BCUT2D eigenvalue weighted by Gasteiger charge is -2.08. The van der Waals surface area contributed by atoms with Crippen LogP contribution in [0.2, 0.25) is 0 Å². The molecule has 2 rings (SSSR count). The molecule has 2 nitrogen and oxygen atoms in total. The molecular formula is C12H11BrN2S2. The fraction of sp³-hybridized carbons (Fsp3) is 0.333. The van der Waals surface area contributed by atoms with Crippen LogP contribution in [0.15, 0.2) is 21.3 Å². The first kappa shape index (κ1) is 12.7. The lowest BCUT2D eigenvalue weighted by atomic mass is 9.95. The van der Waals surface area contributed by atoms with Gasteiger partial charge in [0, 0.05) is 15.2 Å². The molecule has 0 saturated heterocycles. The maximum atomic E-state index is 9.14. The molecule has 0 aliphatic heterocycles. The van der Waals surface area contributed by atoms with Gasteiger partial charge < -0.3 is 0 Å². The van der Waals surface area contributed by atoms with Crippen molar-refractivity contribution in [1.29, 1.82) is 5.26 Å². The number of nitrogens with zero attached hydrogens (tertiary/aromatic N) is 2. The molecule has 17 heavy (non-hydrogen) atoms. The van der Waals surface area contributed by atoms with Crippen LogP contribution >= 0.6 is 38.6 Å². The Kier molecular flexibility index (Phi) is 3.97. The van der Waals surface area contributed by atoms with Crippen LogP contribution in [-0.2, 0) is 0 Å². The fourth-order valence-corrected chi connectivity index (χ4v) is 3.89. The van der Waals surface area contributed by atoms with Crippen molar-refractivity contribution in [1.82, 2.24) is 4.98 Å². The number of rotatable bonds is 3. The van der Waals surface area contributed by atoms with E-state index in [1.165, 1.54) is 0 Å². The topological polar surface area (TPSA) is 36.7 Å². The maximum absolute atomic E-state index is 9.14. The zero-order valence-electron chi connectivity index (χ0n) is 9.48. The number of thiophene rings is 1. The van der Waals surface area contributed by atoms with Crippen LogP contribution in [0.5, 0.6) is 0 Å². The Balaban J connectivity index is 2.30. The van der Waals surface area contributed by atoms with Gasteiger partial charge in [0.25, 0.3) is 0 Å². The minimum absolute atomic E-state index is 0.108. The van der Waals surface area contributed by atoms with E-state index >= 15 is 0 Å². The van der Waals surface area contributed by atoms with Crippen molar-refractivity contribution in [2.75, 3.05) is 0 Å². The Bertz CT molecular complexity index is 551. The summed E-state index contributed by atoms with van der Waals surface area (Å²) in [5, 5.41) is 14.2. The average molecular weight is 327 g/mol. The highest BCUT2D eigenvalue weighted by molar-refractivity contribution is 9.10. The first-order valence-electron chi connectivity index (χ1n) is 5.21. The summed E-state index contributed by atoms with van der Waals surface area (Å²) in [5.74, 6) is 0.188. The van der Waals surface area contributed by atoms with Crippen molar-refractivity contribution in [3.05, 3.63) is 27.0 Å². The highest BCUT2D eigenvalue weighted by Crippen LogP contribution is 2.34. The van der Waals surface area contributed by atoms with E-state index in [2.05, 4.69) is 46.9 Å². The van der Waals surface area contributed by atoms with Crippen LogP contribution in [0.4, 0.5) is 0 Å². The SMILES string of the molecule is CC(C)C(C#N)c1csc(-c2cc(Br)cs2)n1. The average Bonchev–Trinajstić information content (AvgIpc) is 2.87. The largest absolute Gasteiger partial charge is 0.239 e. The van der Waals surface area contributed by atoms with Gasteiger partial charge in [-0.1, -0.05) is 13.8 Å². The van der Waals surface area contributed by atoms with Gasteiger partial charge in [0.2, 0.25) is 0 Å². The van der Waals surface area contributed by atoms with Gasteiger partial charge >= 0.3 is 0 Å². The Morgan fingerprint density at radius 1 is 1.35 bits per heavy atom. The molecule has 1 atom stereocenters. The fourth-order valence-electron chi connectivity index (χ4n) is 1.52. The van der Waals surface area contributed by atoms with Crippen molar-refractivity contribution in [2.45, 2.75) is 19.8 Å². The summed E-state index contributed by atoms with van der Waals surface area (Å²) >= 11 is 6.70. The zero-order valence-corrected chi connectivity index (χ0v) is 12.7. The Morgan fingerprint density at radius 3 is 2.65 bits per heavy atom. The maximum Gasteiger partial charge on any atom is 0.133 e. The van der Waals surface area contributed by atoms with E-state index < -0.39 is 0 Å². The molecule has 2 aromatic rings. The lowest BCUT2D eigenvalue weighted by molar-refractivity contribution is 0.578. The van der Waals surface area contributed by atoms with Crippen molar-refractivity contribution in [3.8, 4) is 16.0 Å². The van der Waals surface area contributed by atoms with Crippen LogP contribution in [0.3, 0.4) is 0 Å². The van der Waals surface area contributed by atoms with Gasteiger partial charge in [0.15, 0.2) is 0 Å². The third-order valence-electron chi connectivity index (χ3n) is 2.42. The first-order chi connectivity index (χ1) is 8.11. The summed E-state index contributed by atoms with van der Waals surface area (Å²) < 4.78 is 1.08. The molecule has 0 amide bonds. The smallest absolute Gasteiger partial charge is 0.133 e. The minimum atomic E-state index is -0.108. The number of hydrogen-bond donors (Lipinski definition) is 0. The van der Waals surface area contributed by atoms with Crippen LogP contribution < -0.4 is 0 Å². The highest BCUT2D eigenvalue weighted by Gasteiger charge is 2.19. The lowest BCUT2D eigenvalue weighted by Crippen LogP contribution is -2.04. The van der Waals surface area contributed by atoms with Crippen molar-refractivity contribution < 1.29 is 0 Å². The molecule has 0 fully saturated rings. The Morgan fingerprint density at radius 2 is 2.12 bits per heavy atom. The van der Waals surface area contributed by atoms with Gasteiger partial charge in [-0.2, -0.15) is 5.26 Å². The molecule has 0 saturated carbocycles. The molecule has 0 aromatic carbocycles. The van der Waals surface area contributed by atoms with Gasteiger partial charge in [-0.25, -0.2) is 4.98 Å². The van der Waals surface area contributed by atoms with Gasteiger partial charge in [-0.05, 0) is 27.9 Å². The number of halogens is 1. The molecule has 0 spiro atoms. The van der Waals surface area contributed by atoms with Crippen LogP contribution in [0.1, 0.15) is 25.5 Å². The molecule has 88 valence electrons. The van der Waals surface area contributed by atoms with E-state index in [9.17, 15) is 0 Å². The third-order valence-corrected chi connectivity index (χ3v) is 5.15. The van der Waals surface area contributed by atoms with Crippen LogP contribution in [-0.4, -0.2) is 4.98 Å². The third kappa shape index (κ3) is 2.76. The normalized spacial score (nSPS) is 12.6. The second-order valence-electron chi connectivity index (χ2n) is 4.06.